The SMILES string of the molecule is Cc1ccc(CN(C(=O)CN(c2ccccc2F)S(=O)(=O)c2ccc(C)cc2)[C@H](C)C(=O)NC(C)C)cc1. The van der Waals surface area contributed by atoms with E-state index in [0.29, 0.717) is 0 Å². The molecule has 0 radical (unpaired) electrons. The van der Waals surface area contributed by atoms with Crippen molar-refractivity contribution in [2.45, 2.75) is 58.1 Å². The zero-order chi connectivity index (χ0) is 28.0. The predicted molar refractivity (Wildman–Crippen MR) is 147 cm³/mol. The number of rotatable bonds is 10. The number of halogens is 1. The quantitative estimate of drug-likeness (QED) is 0.409. The van der Waals surface area contributed by atoms with Crippen LogP contribution < -0.4 is 9.62 Å². The molecule has 9 heteroatoms. The maximum Gasteiger partial charge on any atom is 0.264 e. The summed E-state index contributed by atoms with van der Waals surface area (Å²) in [6.07, 6.45) is 0. The molecule has 0 spiro atoms. The van der Waals surface area contributed by atoms with Gasteiger partial charge in [0.2, 0.25) is 11.8 Å². The molecule has 3 aromatic rings. The van der Waals surface area contributed by atoms with Gasteiger partial charge in [0.25, 0.3) is 10.0 Å². The molecule has 0 fully saturated rings. The van der Waals surface area contributed by atoms with Crippen LogP contribution in [0.2, 0.25) is 0 Å². The van der Waals surface area contributed by atoms with Crippen molar-refractivity contribution < 1.29 is 22.4 Å². The Hall–Kier alpha value is -3.72. The smallest absolute Gasteiger partial charge is 0.264 e. The second kappa shape index (κ2) is 12.2. The average Bonchev–Trinajstić information content (AvgIpc) is 2.86. The molecule has 0 unspecified atom stereocenters. The summed E-state index contributed by atoms with van der Waals surface area (Å²) in [6, 6.07) is 17.9. The highest BCUT2D eigenvalue weighted by molar-refractivity contribution is 7.92. The lowest BCUT2D eigenvalue weighted by molar-refractivity contribution is -0.139. The van der Waals surface area contributed by atoms with Crippen molar-refractivity contribution in [3.05, 3.63) is 95.3 Å². The van der Waals surface area contributed by atoms with Gasteiger partial charge in [-0.15, -0.1) is 0 Å². The highest BCUT2D eigenvalue weighted by atomic mass is 32.2. The number of para-hydroxylation sites is 1. The van der Waals surface area contributed by atoms with E-state index in [-0.39, 0.29) is 29.1 Å². The van der Waals surface area contributed by atoms with E-state index >= 15 is 0 Å². The number of hydrogen-bond donors (Lipinski definition) is 1. The highest BCUT2D eigenvalue weighted by Gasteiger charge is 2.33. The summed E-state index contributed by atoms with van der Waals surface area (Å²) in [6.45, 7) is 8.35. The molecule has 2 amide bonds. The fraction of sp³-hybridized carbons (Fsp3) is 0.310. The second-order valence-electron chi connectivity index (χ2n) is 9.62. The van der Waals surface area contributed by atoms with Crippen molar-refractivity contribution in [1.29, 1.82) is 0 Å². The van der Waals surface area contributed by atoms with Crippen LogP contribution in [-0.2, 0) is 26.2 Å². The van der Waals surface area contributed by atoms with Crippen LogP contribution in [0.1, 0.15) is 37.5 Å². The van der Waals surface area contributed by atoms with Crippen LogP contribution in [0.15, 0.2) is 77.7 Å². The molecule has 0 aliphatic heterocycles. The molecule has 38 heavy (non-hydrogen) atoms. The molecule has 3 rings (SSSR count). The molecule has 0 saturated heterocycles. The van der Waals surface area contributed by atoms with Gasteiger partial charge in [-0.05, 0) is 64.4 Å². The lowest BCUT2D eigenvalue weighted by atomic mass is 10.1. The van der Waals surface area contributed by atoms with Gasteiger partial charge in [0.15, 0.2) is 0 Å². The van der Waals surface area contributed by atoms with Gasteiger partial charge >= 0.3 is 0 Å². The van der Waals surface area contributed by atoms with Gasteiger partial charge in [0.1, 0.15) is 18.4 Å². The van der Waals surface area contributed by atoms with Gasteiger partial charge in [0.05, 0.1) is 10.6 Å². The number of anilines is 1. The van der Waals surface area contributed by atoms with E-state index in [1.54, 1.807) is 19.1 Å². The third-order valence-corrected chi connectivity index (χ3v) is 7.85. The Morgan fingerprint density at radius 1 is 0.868 bits per heavy atom. The molecule has 0 heterocycles. The number of carbonyl (C=O) groups excluding carboxylic acids is 2. The van der Waals surface area contributed by atoms with Crippen molar-refractivity contribution in [2.24, 2.45) is 0 Å². The van der Waals surface area contributed by atoms with Crippen LogP contribution in [0.5, 0.6) is 0 Å². The molecule has 3 aromatic carbocycles. The van der Waals surface area contributed by atoms with Crippen molar-refractivity contribution in [3.8, 4) is 0 Å². The molecule has 0 aromatic heterocycles. The standard InChI is InChI=1S/C29H34FN3O4S/c1-20(2)31-29(35)23(5)32(18-24-14-10-21(3)11-15-24)28(34)19-33(27-9-7-6-8-26(27)30)38(36,37)25-16-12-22(4)13-17-25/h6-17,20,23H,18-19H2,1-5H3,(H,31,35)/t23-/m1/s1. The topological polar surface area (TPSA) is 86.8 Å². The zero-order valence-corrected chi connectivity index (χ0v) is 23.1. The van der Waals surface area contributed by atoms with E-state index in [0.717, 1.165) is 27.1 Å². The maximum absolute atomic E-state index is 14.9. The lowest BCUT2D eigenvalue weighted by Gasteiger charge is -2.32. The van der Waals surface area contributed by atoms with Crippen LogP contribution in [0.3, 0.4) is 0 Å². The lowest BCUT2D eigenvalue weighted by Crippen LogP contribution is -2.52. The minimum Gasteiger partial charge on any atom is -0.352 e. The van der Waals surface area contributed by atoms with Gasteiger partial charge in [-0.1, -0.05) is 59.7 Å². The van der Waals surface area contributed by atoms with Crippen LogP contribution in [0.4, 0.5) is 10.1 Å². The van der Waals surface area contributed by atoms with Crippen LogP contribution in [0, 0.1) is 19.7 Å². The second-order valence-corrected chi connectivity index (χ2v) is 11.5. The van der Waals surface area contributed by atoms with Crippen molar-refractivity contribution in [2.75, 3.05) is 10.8 Å². The largest absolute Gasteiger partial charge is 0.352 e. The Morgan fingerprint density at radius 2 is 1.42 bits per heavy atom. The zero-order valence-electron chi connectivity index (χ0n) is 22.3. The third kappa shape index (κ3) is 6.98. The van der Waals surface area contributed by atoms with Gasteiger partial charge in [0, 0.05) is 12.6 Å². The summed E-state index contributed by atoms with van der Waals surface area (Å²) in [5, 5.41) is 2.80. The van der Waals surface area contributed by atoms with Gasteiger partial charge in [-0.25, -0.2) is 12.8 Å². The summed E-state index contributed by atoms with van der Waals surface area (Å²) < 4.78 is 43.1. The number of hydrogen-bond acceptors (Lipinski definition) is 4. The third-order valence-electron chi connectivity index (χ3n) is 6.08. The van der Waals surface area contributed by atoms with E-state index in [1.165, 1.54) is 35.2 Å². The van der Waals surface area contributed by atoms with E-state index < -0.39 is 34.3 Å². The molecule has 7 nitrogen and oxygen atoms in total. The maximum atomic E-state index is 14.9. The number of amides is 2. The number of aryl methyl sites for hydroxylation is 2. The summed E-state index contributed by atoms with van der Waals surface area (Å²) in [7, 11) is -4.32. The summed E-state index contributed by atoms with van der Waals surface area (Å²) >= 11 is 0. The minimum atomic E-state index is -4.32. The summed E-state index contributed by atoms with van der Waals surface area (Å²) in [5.74, 6) is -1.80. The Bertz CT molecular complexity index is 1370. The van der Waals surface area contributed by atoms with E-state index in [1.807, 2.05) is 52.0 Å². The van der Waals surface area contributed by atoms with Crippen LogP contribution in [0.25, 0.3) is 0 Å². The fourth-order valence-corrected chi connectivity index (χ4v) is 5.30. The predicted octanol–water partition coefficient (Wildman–Crippen LogP) is 4.58. The Balaban J connectivity index is 2.04. The molecule has 0 bridgehead atoms. The first kappa shape index (κ1) is 28.8. The molecule has 1 atom stereocenters. The van der Waals surface area contributed by atoms with Gasteiger partial charge in [-0.2, -0.15) is 0 Å². The summed E-state index contributed by atoms with van der Waals surface area (Å²) in [5.41, 5.74) is 2.40. The first-order valence-corrected chi connectivity index (χ1v) is 13.8. The first-order chi connectivity index (χ1) is 17.9. The fourth-order valence-electron chi connectivity index (χ4n) is 3.88. The Morgan fingerprint density at radius 3 is 1.97 bits per heavy atom. The van der Waals surface area contributed by atoms with Crippen molar-refractivity contribution in [1.82, 2.24) is 10.2 Å². The van der Waals surface area contributed by atoms with Gasteiger partial charge < -0.3 is 10.2 Å². The molecule has 0 saturated carbocycles. The normalized spacial score (nSPS) is 12.2. The van der Waals surface area contributed by atoms with Crippen LogP contribution >= 0.6 is 0 Å². The Labute approximate surface area is 224 Å². The molecule has 1 N–H and O–H groups in total. The highest BCUT2D eigenvalue weighted by Crippen LogP contribution is 2.27. The molecular formula is C29H34FN3O4S. The minimum absolute atomic E-state index is 0.0709. The number of nitrogens with one attached hydrogen (secondary N) is 1. The van der Waals surface area contributed by atoms with E-state index in [2.05, 4.69) is 5.32 Å². The number of sulfonamides is 1. The number of nitrogens with zero attached hydrogens (tertiary/aromatic N) is 2. The molecule has 202 valence electrons. The van der Waals surface area contributed by atoms with Gasteiger partial charge in [-0.3, -0.25) is 13.9 Å². The number of carbonyl (C=O) groups is 2. The monoisotopic (exact) mass is 539 g/mol. The average molecular weight is 540 g/mol. The summed E-state index contributed by atoms with van der Waals surface area (Å²) in [4.78, 5) is 27.9. The molecular weight excluding hydrogens is 505 g/mol. The molecule has 0 aliphatic carbocycles. The first-order valence-electron chi connectivity index (χ1n) is 12.4. The van der Waals surface area contributed by atoms with Crippen molar-refractivity contribution in [3.63, 3.8) is 0 Å². The van der Waals surface area contributed by atoms with Crippen LogP contribution in [-0.4, -0.2) is 43.8 Å². The van der Waals surface area contributed by atoms with Crippen molar-refractivity contribution >= 4 is 27.5 Å². The van der Waals surface area contributed by atoms with E-state index in [4.69, 9.17) is 0 Å². The molecule has 0 aliphatic rings. The number of benzene rings is 3. The van der Waals surface area contributed by atoms with E-state index in [9.17, 15) is 22.4 Å². The Kier molecular flexibility index (Phi) is 9.27.